The number of rotatable bonds is 0. The monoisotopic (exact) mass is 164 g/mol. The van der Waals surface area contributed by atoms with Crippen LogP contribution in [0.25, 0.3) is 0 Å². The molecule has 2 rings (SSSR count). The van der Waals surface area contributed by atoms with E-state index in [-0.39, 0.29) is 0 Å². The van der Waals surface area contributed by atoms with Gasteiger partial charge in [0.1, 0.15) is 0 Å². The molecule has 1 heterocycles. The second kappa shape index (κ2) is 2.28. The zero-order valence-corrected chi connectivity index (χ0v) is 8.01. The van der Waals surface area contributed by atoms with Crippen LogP contribution < -0.4 is 0 Å². The minimum absolute atomic E-state index is 1.19. The number of fused-ring (bicyclic) bond motifs is 1. The summed E-state index contributed by atoms with van der Waals surface area (Å²) in [5, 5.41) is 0. The average molecular weight is 164 g/mol. The molecule has 58 valence electrons. The van der Waals surface area contributed by atoms with Gasteiger partial charge in [0.2, 0.25) is 0 Å². The Hall–Kier alpha value is -0.430. The summed E-state index contributed by atoms with van der Waals surface area (Å²) in [5.41, 5.74) is 6.02. The lowest BCUT2D eigenvalue weighted by atomic mass is 10.1. The zero-order valence-electron chi connectivity index (χ0n) is 7.19. The summed E-state index contributed by atoms with van der Waals surface area (Å²) in [7, 11) is 0. The Bertz CT molecular complexity index is 303. The van der Waals surface area contributed by atoms with E-state index < -0.39 is 0 Å². The molecule has 0 saturated heterocycles. The van der Waals surface area contributed by atoms with E-state index in [1.807, 2.05) is 11.8 Å². The summed E-state index contributed by atoms with van der Waals surface area (Å²) in [5.74, 6) is 1.19. The van der Waals surface area contributed by atoms with E-state index in [2.05, 4.69) is 26.8 Å². The van der Waals surface area contributed by atoms with E-state index in [1.54, 1.807) is 5.57 Å². The predicted octanol–water partition coefficient (Wildman–Crippen LogP) is 3.28. The smallest absolute Gasteiger partial charge is 0.0235 e. The number of thioether (sulfide) groups is 1. The Balaban J connectivity index is 2.57. The van der Waals surface area contributed by atoms with Crippen molar-refractivity contribution in [2.24, 2.45) is 0 Å². The van der Waals surface area contributed by atoms with Gasteiger partial charge in [0, 0.05) is 5.75 Å². The predicted molar refractivity (Wildman–Crippen MR) is 51.6 cm³/mol. The summed E-state index contributed by atoms with van der Waals surface area (Å²) in [6.45, 7) is 6.65. The molecule has 0 aromatic heterocycles. The van der Waals surface area contributed by atoms with E-state index in [1.165, 1.54) is 27.4 Å². The minimum Gasteiger partial charge on any atom is -0.125 e. The maximum absolute atomic E-state index is 2.33. The number of hydrogen-bond donors (Lipinski definition) is 0. The summed E-state index contributed by atoms with van der Waals surface area (Å²) >= 11 is 1.97. The number of allylic oxidation sites excluding steroid dienone is 5. The topological polar surface area (TPSA) is 0 Å². The Kier molecular flexibility index (Phi) is 1.50. The van der Waals surface area contributed by atoms with Gasteiger partial charge < -0.3 is 0 Å². The van der Waals surface area contributed by atoms with E-state index in [9.17, 15) is 0 Å². The molecule has 2 aliphatic rings. The summed E-state index contributed by atoms with van der Waals surface area (Å²) in [4.78, 5) is 1.51. The van der Waals surface area contributed by atoms with Gasteiger partial charge in [-0.25, -0.2) is 0 Å². The highest BCUT2D eigenvalue weighted by atomic mass is 32.2. The third kappa shape index (κ3) is 0.908. The quantitative estimate of drug-likeness (QED) is 0.529. The van der Waals surface area contributed by atoms with Gasteiger partial charge in [-0.05, 0) is 48.0 Å². The van der Waals surface area contributed by atoms with Crippen LogP contribution in [-0.2, 0) is 0 Å². The molecule has 0 aromatic carbocycles. The van der Waals surface area contributed by atoms with Crippen LogP contribution in [0.15, 0.2) is 33.3 Å². The highest BCUT2D eigenvalue weighted by Gasteiger charge is 2.23. The van der Waals surface area contributed by atoms with Crippen LogP contribution in [0.5, 0.6) is 0 Å². The first kappa shape index (κ1) is 7.23. The van der Waals surface area contributed by atoms with Crippen molar-refractivity contribution in [3.63, 3.8) is 0 Å². The van der Waals surface area contributed by atoms with Crippen LogP contribution in [0.4, 0.5) is 0 Å². The van der Waals surface area contributed by atoms with Crippen LogP contribution in [0.2, 0.25) is 0 Å². The zero-order chi connectivity index (χ0) is 8.01. The summed E-state index contributed by atoms with van der Waals surface area (Å²) < 4.78 is 0. The van der Waals surface area contributed by atoms with Crippen molar-refractivity contribution in [3.8, 4) is 0 Å². The fraction of sp³-hybridized carbons (Fsp3) is 0.400. The standard InChI is InChI=1S/C10H12S/c1-6-4-9-5-11-8(3)10(9)7(6)2/h4H,5H2,1-3H3. The van der Waals surface area contributed by atoms with Crippen LogP contribution in [0.1, 0.15) is 20.8 Å². The molecule has 0 spiro atoms. The van der Waals surface area contributed by atoms with Gasteiger partial charge in [0.25, 0.3) is 0 Å². The molecular formula is C10H12S. The summed E-state index contributed by atoms with van der Waals surface area (Å²) in [6.07, 6.45) is 2.33. The second-order valence-corrected chi connectivity index (χ2v) is 4.39. The molecule has 0 bridgehead atoms. The van der Waals surface area contributed by atoms with Gasteiger partial charge in [-0.2, -0.15) is 0 Å². The Morgan fingerprint density at radius 2 is 2.00 bits per heavy atom. The van der Waals surface area contributed by atoms with E-state index >= 15 is 0 Å². The molecule has 0 N–H and O–H groups in total. The SMILES string of the molecule is CC1=C(C)C2=C(C)SCC2=C1. The van der Waals surface area contributed by atoms with Gasteiger partial charge >= 0.3 is 0 Å². The molecule has 0 aromatic rings. The van der Waals surface area contributed by atoms with Crippen LogP contribution in [0, 0.1) is 0 Å². The second-order valence-electron chi connectivity index (χ2n) is 3.20. The lowest BCUT2D eigenvalue weighted by molar-refractivity contribution is 1.35. The van der Waals surface area contributed by atoms with Crippen molar-refractivity contribution in [2.75, 3.05) is 5.75 Å². The van der Waals surface area contributed by atoms with Gasteiger partial charge in [-0.1, -0.05) is 6.08 Å². The van der Waals surface area contributed by atoms with Crippen molar-refractivity contribution in [1.82, 2.24) is 0 Å². The normalized spacial score (nSPS) is 23.0. The fourth-order valence-electron chi connectivity index (χ4n) is 1.74. The highest BCUT2D eigenvalue weighted by Crippen LogP contribution is 2.43. The molecule has 11 heavy (non-hydrogen) atoms. The van der Waals surface area contributed by atoms with E-state index in [0.717, 1.165) is 0 Å². The number of hydrogen-bond acceptors (Lipinski definition) is 1. The van der Waals surface area contributed by atoms with Crippen LogP contribution >= 0.6 is 11.8 Å². The molecule has 0 fully saturated rings. The molecule has 1 aliphatic heterocycles. The van der Waals surface area contributed by atoms with Crippen LogP contribution in [0.3, 0.4) is 0 Å². The van der Waals surface area contributed by atoms with Gasteiger partial charge in [0.05, 0.1) is 0 Å². The Labute approximate surface area is 72.1 Å². The van der Waals surface area contributed by atoms with Gasteiger partial charge in [0.15, 0.2) is 0 Å². The maximum atomic E-state index is 2.33. The lowest BCUT2D eigenvalue weighted by Crippen LogP contribution is -1.82. The van der Waals surface area contributed by atoms with Crippen molar-refractivity contribution in [3.05, 3.63) is 33.3 Å². The largest absolute Gasteiger partial charge is 0.125 e. The van der Waals surface area contributed by atoms with E-state index in [4.69, 9.17) is 0 Å². The first-order valence-electron chi connectivity index (χ1n) is 3.92. The third-order valence-electron chi connectivity index (χ3n) is 2.47. The Morgan fingerprint density at radius 3 is 2.64 bits per heavy atom. The molecule has 0 unspecified atom stereocenters. The molecule has 0 atom stereocenters. The van der Waals surface area contributed by atoms with Crippen molar-refractivity contribution >= 4 is 11.8 Å². The fourth-order valence-corrected chi connectivity index (χ4v) is 2.77. The van der Waals surface area contributed by atoms with Crippen molar-refractivity contribution < 1.29 is 0 Å². The molecular weight excluding hydrogens is 152 g/mol. The van der Waals surface area contributed by atoms with Crippen LogP contribution in [-0.4, -0.2) is 5.75 Å². The van der Waals surface area contributed by atoms with Gasteiger partial charge in [-0.3, -0.25) is 0 Å². The average Bonchev–Trinajstić information content (AvgIpc) is 2.41. The maximum Gasteiger partial charge on any atom is 0.0235 e. The lowest BCUT2D eigenvalue weighted by Gasteiger charge is -1.99. The van der Waals surface area contributed by atoms with Crippen molar-refractivity contribution in [1.29, 1.82) is 0 Å². The first-order valence-corrected chi connectivity index (χ1v) is 4.91. The molecule has 0 saturated carbocycles. The first-order chi connectivity index (χ1) is 5.20. The van der Waals surface area contributed by atoms with Crippen molar-refractivity contribution in [2.45, 2.75) is 20.8 Å². The molecule has 0 amide bonds. The molecule has 1 aliphatic carbocycles. The van der Waals surface area contributed by atoms with E-state index in [0.29, 0.717) is 0 Å². The summed E-state index contributed by atoms with van der Waals surface area (Å²) in [6, 6.07) is 0. The third-order valence-corrected chi connectivity index (χ3v) is 3.57. The Morgan fingerprint density at radius 1 is 1.27 bits per heavy atom. The van der Waals surface area contributed by atoms with Gasteiger partial charge in [-0.15, -0.1) is 11.8 Å². The molecule has 0 radical (unpaired) electrons. The molecule has 0 nitrogen and oxygen atoms in total. The molecule has 1 heteroatoms. The highest BCUT2D eigenvalue weighted by molar-refractivity contribution is 8.03. The minimum atomic E-state index is 1.19.